The minimum absolute atomic E-state index is 0.157. The predicted molar refractivity (Wildman–Crippen MR) is 50.4 cm³/mol. The lowest BCUT2D eigenvalue weighted by atomic mass is 10.2. The zero-order valence-corrected chi connectivity index (χ0v) is 8.89. The van der Waals surface area contributed by atoms with Gasteiger partial charge in [0.2, 0.25) is 0 Å². The summed E-state index contributed by atoms with van der Waals surface area (Å²) in [5.41, 5.74) is 0. The fourth-order valence-corrected chi connectivity index (χ4v) is 1.41. The van der Waals surface area contributed by atoms with Crippen LogP contribution in [0.25, 0.3) is 0 Å². The third-order valence-corrected chi connectivity index (χ3v) is 2.19. The van der Waals surface area contributed by atoms with E-state index in [1.54, 1.807) is 0 Å². The van der Waals surface area contributed by atoms with Gasteiger partial charge in [-0.1, -0.05) is 0 Å². The van der Waals surface area contributed by atoms with Crippen molar-refractivity contribution >= 4 is 12.1 Å². The number of rotatable bonds is 2. The summed E-state index contributed by atoms with van der Waals surface area (Å²) < 4.78 is 14.4. The highest BCUT2D eigenvalue weighted by Crippen LogP contribution is 2.10. The molecule has 6 nitrogen and oxygen atoms in total. The topological polar surface area (TPSA) is 65.1 Å². The number of amides is 1. The summed E-state index contributed by atoms with van der Waals surface area (Å²) in [4.78, 5) is 23.7. The van der Waals surface area contributed by atoms with Crippen LogP contribution in [0.5, 0.6) is 0 Å². The smallest absolute Gasteiger partial charge is 0.409 e. The number of esters is 1. The van der Waals surface area contributed by atoms with Gasteiger partial charge < -0.3 is 19.1 Å². The second-order valence-electron chi connectivity index (χ2n) is 3.19. The van der Waals surface area contributed by atoms with Gasteiger partial charge in [-0.15, -0.1) is 0 Å². The van der Waals surface area contributed by atoms with Crippen molar-refractivity contribution in [1.82, 2.24) is 4.90 Å². The fraction of sp³-hybridized carbons (Fsp3) is 0.778. The molecule has 0 spiro atoms. The summed E-state index contributed by atoms with van der Waals surface area (Å²) in [6.45, 7) is 1.27. The van der Waals surface area contributed by atoms with Crippen molar-refractivity contribution in [3.63, 3.8) is 0 Å². The molecule has 0 radical (unpaired) electrons. The van der Waals surface area contributed by atoms with Crippen LogP contribution in [0.3, 0.4) is 0 Å². The number of hydrogen-bond donors (Lipinski definition) is 0. The lowest BCUT2D eigenvalue weighted by molar-refractivity contribution is -0.145. The van der Waals surface area contributed by atoms with Gasteiger partial charge in [-0.2, -0.15) is 0 Å². The highest BCUT2D eigenvalue weighted by atomic mass is 16.5. The van der Waals surface area contributed by atoms with Gasteiger partial charge in [-0.25, -0.2) is 4.79 Å². The van der Waals surface area contributed by atoms with E-state index in [4.69, 9.17) is 4.74 Å². The van der Waals surface area contributed by atoms with Crippen LogP contribution in [-0.2, 0) is 19.0 Å². The second kappa shape index (κ2) is 5.55. The van der Waals surface area contributed by atoms with E-state index < -0.39 is 6.09 Å². The largest absolute Gasteiger partial charge is 0.469 e. The van der Waals surface area contributed by atoms with E-state index in [2.05, 4.69) is 9.47 Å². The standard InChI is InChI=1S/C9H15NO5/c1-13-8(11)5-7-6-10(3-4-15-7)9(12)14-2/h7H,3-6H2,1-2H3. The molecule has 6 heteroatoms. The summed E-state index contributed by atoms with van der Waals surface area (Å²) in [5, 5.41) is 0. The number of carbonyl (C=O) groups excluding carboxylic acids is 2. The van der Waals surface area contributed by atoms with Crippen LogP contribution in [0.2, 0.25) is 0 Å². The molecule has 1 aliphatic heterocycles. The van der Waals surface area contributed by atoms with Gasteiger partial charge >= 0.3 is 12.1 Å². The van der Waals surface area contributed by atoms with Crippen molar-refractivity contribution in [3.8, 4) is 0 Å². The van der Waals surface area contributed by atoms with Crippen molar-refractivity contribution in [2.45, 2.75) is 12.5 Å². The van der Waals surface area contributed by atoms with E-state index >= 15 is 0 Å². The van der Waals surface area contributed by atoms with Crippen molar-refractivity contribution in [3.05, 3.63) is 0 Å². The molecule has 0 aromatic rings. The average molecular weight is 217 g/mol. The first-order valence-corrected chi connectivity index (χ1v) is 4.68. The van der Waals surface area contributed by atoms with Crippen molar-refractivity contribution in [1.29, 1.82) is 0 Å². The molecule has 0 N–H and O–H groups in total. The maximum atomic E-state index is 11.2. The maximum Gasteiger partial charge on any atom is 0.409 e. The third-order valence-electron chi connectivity index (χ3n) is 2.19. The second-order valence-corrected chi connectivity index (χ2v) is 3.19. The van der Waals surface area contributed by atoms with Crippen molar-refractivity contribution < 1.29 is 23.8 Å². The molecule has 15 heavy (non-hydrogen) atoms. The van der Waals surface area contributed by atoms with E-state index in [1.165, 1.54) is 19.1 Å². The summed E-state index contributed by atoms with van der Waals surface area (Å²) in [5.74, 6) is -0.341. The summed E-state index contributed by atoms with van der Waals surface area (Å²) >= 11 is 0. The minimum Gasteiger partial charge on any atom is -0.469 e. The Morgan fingerprint density at radius 1 is 1.40 bits per heavy atom. The molecular weight excluding hydrogens is 202 g/mol. The Hall–Kier alpha value is -1.30. The molecule has 1 fully saturated rings. The molecule has 1 aliphatic rings. The van der Waals surface area contributed by atoms with E-state index in [0.29, 0.717) is 19.7 Å². The first-order chi connectivity index (χ1) is 7.17. The quantitative estimate of drug-likeness (QED) is 0.610. The molecule has 0 bridgehead atoms. The molecule has 0 aromatic carbocycles. The SMILES string of the molecule is COC(=O)CC1CN(C(=O)OC)CCO1. The van der Waals surface area contributed by atoms with Crippen LogP contribution in [-0.4, -0.2) is 57.0 Å². The Kier molecular flexibility index (Phi) is 4.36. The van der Waals surface area contributed by atoms with Crippen LogP contribution in [0, 0.1) is 0 Å². The highest BCUT2D eigenvalue weighted by molar-refractivity contribution is 5.70. The van der Waals surface area contributed by atoms with Crippen LogP contribution >= 0.6 is 0 Å². The fourth-order valence-electron chi connectivity index (χ4n) is 1.41. The molecule has 1 rings (SSSR count). The number of morpholine rings is 1. The van der Waals surface area contributed by atoms with Gasteiger partial charge in [0.1, 0.15) is 0 Å². The zero-order chi connectivity index (χ0) is 11.3. The average Bonchev–Trinajstić information content (AvgIpc) is 2.28. The van der Waals surface area contributed by atoms with Gasteiger partial charge in [-0.05, 0) is 0 Å². The molecule has 0 aromatic heterocycles. The third kappa shape index (κ3) is 3.39. The summed E-state index contributed by atoms with van der Waals surface area (Å²) in [6.07, 6.45) is -0.539. The van der Waals surface area contributed by atoms with Crippen LogP contribution < -0.4 is 0 Å². The lowest BCUT2D eigenvalue weighted by Gasteiger charge is -2.31. The lowest BCUT2D eigenvalue weighted by Crippen LogP contribution is -2.46. The first kappa shape index (κ1) is 11.8. The van der Waals surface area contributed by atoms with E-state index in [9.17, 15) is 9.59 Å². The Morgan fingerprint density at radius 3 is 2.73 bits per heavy atom. The van der Waals surface area contributed by atoms with E-state index in [-0.39, 0.29) is 18.5 Å². The molecular formula is C9H15NO5. The highest BCUT2D eigenvalue weighted by Gasteiger charge is 2.26. The van der Waals surface area contributed by atoms with Crippen molar-refractivity contribution in [2.75, 3.05) is 33.9 Å². The molecule has 0 aliphatic carbocycles. The normalized spacial score (nSPS) is 20.9. The number of hydrogen-bond acceptors (Lipinski definition) is 5. The van der Waals surface area contributed by atoms with Gasteiger partial charge in [0.25, 0.3) is 0 Å². The van der Waals surface area contributed by atoms with Gasteiger partial charge in [-0.3, -0.25) is 4.79 Å². The Balaban J connectivity index is 2.42. The van der Waals surface area contributed by atoms with Gasteiger partial charge in [0.05, 0.1) is 39.9 Å². The van der Waals surface area contributed by atoms with Crippen LogP contribution in [0.4, 0.5) is 4.79 Å². The first-order valence-electron chi connectivity index (χ1n) is 4.68. The van der Waals surface area contributed by atoms with Crippen LogP contribution in [0.1, 0.15) is 6.42 Å². The summed E-state index contributed by atoms with van der Waals surface area (Å²) in [7, 11) is 2.65. The predicted octanol–water partition coefficient (Wildman–Crippen LogP) is 0.0167. The van der Waals surface area contributed by atoms with Crippen LogP contribution in [0.15, 0.2) is 0 Å². The Labute approximate surface area is 88.1 Å². The molecule has 0 saturated carbocycles. The minimum atomic E-state index is -0.395. The number of carbonyl (C=O) groups is 2. The Bertz CT molecular complexity index is 243. The number of nitrogens with zero attached hydrogens (tertiary/aromatic N) is 1. The molecule has 1 heterocycles. The number of methoxy groups -OCH3 is 2. The monoisotopic (exact) mass is 217 g/mol. The molecule has 1 amide bonds. The maximum absolute atomic E-state index is 11.2. The Morgan fingerprint density at radius 2 is 2.13 bits per heavy atom. The molecule has 1 saturated heterocycles. The van der Waals surface area contributed by atoms with E-state index in [0.717, 1.165) is 0 Å². The van der Waals surface area contributed by atoms with E-state index in [1.807, 2.05) is 0 Å². The van der Waals surface area contributed by atoms with Gasteiger partial charge in [0.15, 0.2) is 0 Å². The molecule has 1 unspecified atom stereocenters. The summed E-state index contributed by atoms with van der Waals surface area (Å²) in [6, 6.07) is 0. The molecule has 86 valence electrons. The zero-order valence-electron chi connectivity index (χ0n) is 8.89. The van der Waals surface area contributed by atoms with Crippen molar-refractivity contribution in [2.24, 2.45) is 0 Å². The number of ether oxygens (including phenoxy) is 3. The molecule has 1 atom stereocenters. The van der Waals surface area contributed by atoms with Gasteiger partial charge in [0, 0.05) is 6.54 Å².